The number of rotatable bonds is 6. The molecule has 4 N–H and O–H groups in total. The van der Waals surface area contributed by atoms with Crippen LogP contribution in [-0.2, 0) is 6.54 Å². The first kappa shape index (κ1) is 20.2. The van der Waals surface area contributed by atoms with Gasteiger partial charge >= 0.3 is 0 Å². The molecule has 0 aliphatic rings. The van der Waals surface area contributed by atoms with Crippen molar-refractivity contribution in [3.63, 3.8) is 0 Å². The topological polar surface area (TPSA) is 67.2 Å². The van der Waals surface area contributed by atoms with Gasteiger partial charge in [-0.1, -0.05) is 67.2 Å². The zero-order chi connectivity index (χ0) is 21.8. The Hall–Kier alpha value is -4.12. The van der Waals surface area contributed by atoms with E-state index in [9.17, 15) is 9.18 Å². The van der Waals surface area contributed by atoms with Crippen LogP contribution in [0, 0.1) is 5.82 Å². The Balaban J connectivity index is 1.41. The van der Waals surface area contributed by atoms with E-state index in [0.717, 1.165) is 21.9 Å². The van der Waals surface area contributed by atoms with Crippen LogP contribution in [0.3, 0.4) is 0 Å². The summed E-state index contributed by atoms with van der Waals surface area (Å²) in [6, 6.07) is 25.3. The molecule has 0 unspecified atom stereocenters. The highest BCUT2D eigenvalue weighted by Crippen LogP contribution is 2.24. The van der Waals surface area contributed by atoms with Crippen molar-refractivity contribution >= 4 is 33.8 Å². The van der Waals surface area contributed by atoms with E-state index in [-0.39, 0.29) is 11.7 Å². The molecule has 0 heterocycles. The molecular weight excluding hydrogens is 389 g/mol. The van der Waals surface area contributed by atoms with Gasteiger partial charge < -0.3 is 16.4 Å². The number of halogens is 1. The van der Waals surface area contributed by atoms with E-state index in [1.807, 2.05) is 66.7 Å². The van der Waals surface area contributed by atoms with Crippen LogP contribution < -0.4 is 16.4 Å². The largest absolute Gasteiger partial charge is 0.397 e. The first-order valence-electron chi connectivity index (χ1n) is 9.87. The highest BCUT2D eigenvalue weighted by molar-refractivity contribution is 6.07. The minimum Gasteiger partial charge on any atom is -0.397 e. The molecule has 1 amide bonds. The van der Waals surface area contributed by atoms with Crippen molar-refractivity contribution < 1.29 is 9.18 Å². The molecule has 0 fully saturated rings. The molecule has 0 spiro atoms. The third kappa shape index (κ3) is 4.56. The van der Waals surface area contributed by atoms with Gasteiger partial charge in [0.1, 0.15) is 5.82 Å². The third-order valence-corrected chi connectivity index (χ3v) is 5.09. The lowest BCUT2D eigenvalue weighted by atomic mass is 10.0. The normalized spacial score (nSPS) is 10.6. The molecule has 0 saturated heterocycles. The van der Waals surface area contributed by atoms with E-state index in [1.165, 1.54) is 18.2 Å². The minimum atomic E-state index is -0.373. The van der Waals surface area contributed by atoms with Crippen LogP contribution in [0.15, 0.2) is 91.5 Å². The fourth-order valence-electron chi connectivity index (χ4n) is 3.40. The number of nitrogens with two attached hydrogens (primary N) is 1. The second kappa shape index (κ2) is 8.71. The molecule has 0 aliphatic carbocycles. The van der Waals surface area contributed by atoms with Crippen LogP contribution in [-0.4, -0.2) is 5.91 Å². The van der Waals surface area contributed by atoms with Gasteiger partial charge in [0.15, 0.2) is 0 Å². The highest BCUT2D eigenvalue weighted by Gasteiger charge is 2.10. The maximum absolute atomic E-state index is 13.5. The number of fused-ring (bicyclic) bond motifs is 1. The Morgan fingerprint density at radius 1 is 0.935 bits per heavy atom. The maximum Gasteiger partial charge on any atom is 0.252 e. The number of benzene rings is 4. The standard InChI is InChI=1S/C26H22FN3O/c1-17(30-25-15-21(27)13-14-24(25)28)19-11-9-18(10-12-19)16-29-26(31)23-8-4-6-20-5-2-3-7-22(20)23/h2-15,30H,1,16,28H2,(H,29,31). The molecule has 0 aromatic heterocycles. The fourth-order valence-corrected chi connectivity index (χ4v) is 3.40. The summed E-state index contributed by atoms with van der Waals surface area (Å²) in [5, 5.41) is 7.98. The van der Waals surface area contributed by atoms with Gasteiger partial charge in [-0.2, -0.15) is 0 Å². The maximum atomic E-state index is 13.5. The highest BCUT2D eigenvalue weighted by atomic mass is 19.1. The van der Waals surface area contributed by atoms with Crippen molar-refractivity contribution in [2.24, 2.45) is 0 Å². The lowest BCUT2D eigenvalue weighted by Crippen LogP contribution is -2.23. The van der Waals surface area contributed by atoms with Crippen LogP contribution in [0.5, 0.6) is 0 Å². The van der Waals surface area contributed by atoms with E-state index in [4.69, 9.17) is 5.73 Å². The summed E-state index contributed by atoms with van der Waals surface area (Å²) >= 11 is 0. The van der Waals surface area contributed by atoms with Gasteiger partial charge in [-0.3, -0.25) is 4.79 Å². The number of carbonyl (C=O) groups is 1. The Bertz CT molecular complexity index is 1260. The molecule has 0 radical (unpaired) electrons. The van der Waals surface area contributed by atoms with Gasteiger partial charge in [0.05, 0.1) is 11.4 Å². The molecule has 5 heteroatoms. The van der Waals surface area contributed by atoms with Gasteiger partial charge in [0.25, 0.3) is 5.91 Å². The lowest BCUT2D eigenvalue weighted by Gasteiger charge is -2.13. The van der Waals surface area contributed by atoms with Gasteiger partial charge in [-0.25, -0.2) is 4.39 Å². The second-order valence-corrected chi connectivity index (χ2v) is 7.24. The molecule has 4 aromatic carbocycles. The summed E-state index contributed by atoms with van der Waals surface area (Å²) in [7, 11) is 0. The fraction of sp³-hybridized carbons (Fsp3) is 0.0385. The number of hydrogen-bond donors (Lipinski definition) is 3. The predicted molar refractivity (Wildman–Crippen MR) is 125 cm³/mol. The van der Waals surface area contributed by atoms with Gasteiger partial charge in [0.2, 0.25) is 0 Å². The first-order valence-corrected chi connectivity index (χ1v) is 9.87. The van der Waals surface area contributed by atoms with Crippen molar-refractivity contribution in [2.75, 3.05) is 11.1 Å². The van der Waals surface area contributed by atoms with E-state index < -0.39 is 0 Å². The Morgan fingerprint density at radius 2 is 1.68 bits per heavy atom. The van der Waals surface area contributed by atoms with E-state index in [1.54, 1.807) is 0 Å². The monoisotopic (exact) mass is 411 g/mol. The van der Waals surface area contributed by atoms with Gasteiger partial charge in [-0.05, 0) is 46.2 Å². The molecule has 0 atom stereocenters. The van der Waals surface area contributed by atoms with Crippen molar-refractivity contribution in [3.05, 3.63) is 114 Å². The average Bonchev–Trinajstić information content (AvgIpc) is 2.79. The van der Waals surface area contributed by atoms with Gasteiger partial charge in [0, 0.05) is 17.8 Å². The van der Waals surface area contributed by atoms with Crippen LogP contribution in [0.25, 0.3) is 16.5 Å². The molecule has 154 valence electrons. The molecule has 4 nitrogen and oxygen atoms in total. The second-order valence-electron chi connectivity index (χ2n) is 7.24. The SMILES string of the molecule is C=C(Nc1cc(F)ccc1N)c1ccc(CNC(=O)c2cccc3ccccc23)cc1. The lowest BCUT2D eigenvalue weighted by molar-refractivity contribution is 0.0952. The smallest absolute Gasteiger partial charge is 0.252 e. The van der Waals surface area contributed by atoms with Crippen molar-refractivity contribution in [1.82, 2.24) is 5.32 Å². The molecular formula is C26H22FN3O. The Labute approximate surface area is 180 Å². The first-order chi connectivity index (χ1) is 15.0. The number of anilines is 2. The van der Waals surface area contributed by atoms with Crippen LogP contribution >= 0.6 is 0 Å². The quantitative estimate of drug-likeness (QED) is 0.363. The van der Waals surface area contributed by atoms with Crippen molar-refractivity contribution in [1.29, 1.82) is 0 Å². The summed E-state index contributed by atoms with van der Waals surface area (Å²) in [5.74, 6) is -0.490. The number of hydrogen-bond acceptors (Lipinski definition) is 3. The summed E-state index contributed by atoms with van der Waals surface area (Å²) in [4.78, 5) is 12.7. The van der Waals surface area contributed by atoms with E-state index in [0.29, 0.717) is 29.2 Å². The Kier molecular flexibility index (Phi) is 5.67. The van der Waals surface area contributed by atoms with Crippen molar-refractivity contribution in [3.8, 4) is 0 Å². The van der Waals surface area contributed by atoms with Gasteiger partial charge in [-0.15, -0.1) is 0 Å². The molecule has 4 aromatic rings. The summed E-state index contributed by atoms with van der Waals surface area (Å²) in [6.45, 7) is 4.41. The van der Waals surface area contributed by atoms with Crippen LogP contribution in [0.2, 0.25) is 0 Å². The molecule has 31 heavy (non-hydrogen) atoms. The summed E-state index contributed by atoms with van der Waals surface area (Å²) in [6.07, 6.45) is 0. The number of nitrogen functional groups attached to an aromatic ring is 1. The Morgan fingerprint density at radius 3 is 2.48 bits per heavy atom. The van der Waals surface area contributed by atoms with E-state index in [2.05, 4.69) is 17.2 Å². The van der Waals surface area contributed by atoms with Crippen LogP contribution in [0.4, 0.5) is 15.8 Å². The summed E-state index contributed by atoms with van der Waals surface area (Å²) < 4.78 is 13.5. The minimum absolute atomic E-state index is 0.117. The zero-order valence-corrected chi connectivity index (χ0v) is 16.9. The summed E-state index contributed by atoms with van der Waals surface area (Å²) in [5.41, 5.74) is 9.84. The molecule has 4 rings (SSSR count). The number of nitrogens with one attached hydrogen (secondary N) is 2. The zero-order valence-electron chi connectivity index (χ0n) is 16.9. The van der Waals surface area contributed by atoms with E-state index >= 15 is 0 Å². The third-order valence-electron chi connectivity index (χ3n) is 5.09. The predicted octanol–water partition coefficient (Wildman–Crippen LogP) is 5.57. The van der Waals surface area contributed by atoms with Crippen molar-refractivity contribution in [2.45, 2.75) is 6.54 Å². The molecule has 0 aliphatic heterocycles. The molecule has 0 saturated carbocycles. The average molecular weight is 411 g/mol. The van der Waals surface area contributed by atoms with Crippen LogP contribution in [0.1, 0.15) is 21.5 Å². The number of carbonyl (C=O) groups excluding carboxylic acids is 1. The number of amides is 1. The molecule has 0 bridgehead atoms.